The Morgan fingerprint density at radius 2 is 2.06 bits per heavy atom. The van der Waals surface area contributed by atoms with Crippen LogP contribution in [-0.2, 0) is 22.9 Å². The van der Waals surface area contributed by atoms with E-state index in [9.17, 15) is 8.42 Å². The number of nitrogens with two attached hydrogens (primary N) is 1. The van der Waals surface area contributed by atoms with Gasteiger partial charge in [0, 0.05) is 17.7 Å². The molecule has 0 atom stereocenters. The molecule has 0 amide bonds. The number of rotatable bonds is 5. The molecule has 0 aliphatic carbocycles. The number of nitrogens with zero attached hydrogens (tertiary/aromatic N) is 2. The third kappa shape index (κ3) is 2.54. The predicted octanol–water partition coefficient (Wildman–Crippen LogP) is 0.930. The van der Waals surface area contributed by atoms with Gasteiger partial charge in [0.2, 0.25) is 0 Å². The fourth-order valence-electron chi connectivity index (χ4n) is 1.89. The molecule has 0 bridgehead atoms. The lowest BCUT2D eigenvalue weighted by molar-refractivity contribution is 0.584. The SMILES string of the molecule is CCS(=O)(=O)CCn1nc(CN)c2ccccc21. The average molecular weight is 267 g/mol. The molecular formula is C12H17N3O2S. The van der Waals surface area contributed by atoms with Crippen LogP contribution in [0.15, 0.2) is 24.3 Å². The van der Waals surface area contributed by atoms with Crippen molar-refractivity contribution in [2.75, 3.05) is 11.5 Å². The summed E-state index contributed by atoms with van der Waals surface area (Å²) in [4.78, 5) is 0. The summed E-state index contributed by atoms with van der Waals surface area (Å²) >= 11 is 0. The van der Waals surface area contributed by atoms with Crippen molar-refractivity contribution >= 4 is 20.7 Å². The lowest BCUT2D eigenvalue weighted by Crippen LogP contribution is -2.15. The molecule has 0 radical (unpaired) electrons. The molecule has 6 heteroatoms. The minimum absolute atomic E-state index is 0.110. The second-order valence-corrected chi connectivity index (χ2v) is 6.60. The Balaban J connectivity index is 2.34. The molecule has 5 nitrogen and oxygen atoms in total. The van der Waals surface area contributed by atoms with Gasteiger partial charge in [-0.3, -0.25) is 4.68 Å². The van der Waals surface area contributed by atoms with E-state index in [1.54, 1.807) is 11.6 Å². The Morgan fingerprint density at radius 1 is 1.33 bits per heavy atom. The Morgan fingerprint density at radius 3 is 2.72 bits per heavy atom. The molecule has 0 saturated carbocycles. The van der Waals surface area contributed by atoms with Crippen molar-refractivity contribution in [3.05, 3.63) is 30.0 Å². The number of aromatic nitrogens is 2. The largest absolute Gasteiger partial charge is 0.325 e. The van der Waals surface area contributed by atoms with E-state index in [-0.39, 0.29) is 11.5 Å². The minimum Gasteiger partial charge on any atom is -0.325 e. The van der Waals surface area contributed by atoms with Gasteiger partial charge in [-0.2, -0.15) is 5.10 Å². The van der Waals surface area contributed by atoms with Gasteiger partial charge in [0.1, 0.15) is 0 Å². The molecule has 0 saturated heterocycles. The highest BCUT2D eigenvalue weighted by molar-refractivity contribution is 7.91. The summed E-state index contributed by atoms with van der Waals surface area (Å²) in [5, 5.41) is 5.37. The van der Waals surface area contributed by atoms with Gasteiger partial charge in [-0.25, -0.2) is 8.42 Å². The minimum atomic E-state index is -2.98. The van der Waals surface area contributed by atoms with E-state index in [1.165, 1.54) is 0 Å². The Bertz CT molecular complexity index is 646. The molecule has 98 valence electrons. The zero-order valence-corrected chi connectivity index (χ0v) is 11.2. The van der Waals surface area contributed by atoms with Gasteiger partial charge in [-0.1, -0.05) is 25.1 Å². The first-order chi connectivity index (χ1) is 8.57. The maximum absolute atomic E-state index is 11.5. The smallest absolute Gasteiger partial charge is 0.151 e. The summed E-state index contributed by atoms with van der Waals surface area (Å²) in [6.07, 6.45) is 0. The van der Waals surface area contributed by atoms with Gasteiger partial charge in [-0.15, -0.1) is 0 Å². The van der Waals surface area contributed by atoms with E-state index in [4.69, 9.17) is 5.73 Å². The van der Waals surface area contributed by atoms with E-state index in [0.29, 0.717) is 13.1 Å². The third-order valence-corrected chi connectivity index (χ3v) is 4.67. The number of fused-ring (bicyclic) bond motifs is 1. The van der Waals surface area contributed by atoms with Crippen molar-refractivity contribution in [1.82, 2.24) is 9.78 Å². The fraction of sp³-hybridized carbons (Fsp3) is 0.417. The molecule has 1 heterocycles. The molecule has 1 aromatic heterocycles. The number of hydrogen-bond donors (Lipinski definition) is 1. The van der Waals surface area contributed by atoms with Crippen molar-refractivity contribution < 1.29 is 8.42 Å². The van der Waals surface area contributed by atoms with Gasteiger partial charge in [0.05, 0.1) is 23.5 Å². The lowest BCUT2D eigenvalue weighted by atomic mass is 10.2. The van der Waals surface area contributed by atoms with Gasteiger partial charge in [0.25, 0.3) is 0 Å². The number of hydrogen-bond acceptors (Lipinski definition) is 4. The van der Waals surface area contributed by atoms with E-state index in [1.807, 2.05) is 24.3 Å². The highest BCUT2D eigenvalue weighted by atomic mass is 32.2. The van der Waals surface area contributed by atoms with Gasteiger partial charge >= 0.3 is 0 Å². The van der Waals surface area contributed by atoms with Crippen LogP contribution < -0.4 is 5.73 Å². The van der Waals surface area contributed by atoms with E-state index < -0.39 is 9.84 Å². The summed E-state index contributed by atoms with van der Waals surface area (Å²) in [7, 11) is -2.98. The average Bonchev–Trinajstić information content (AvgIpc) is 2.75. The zero-order valence-electron chi connectivity index (χ0n) is 10.3. The third-order valence-electron chi connectivity index (χ3n) is 2.98. The van der Waals surface area contributed by atoms with Gasteiger partial charge in [-0.05, 0) is 6.07 Å². The zero-order chi connectivity index (χ0) is 13.2. The van der Waals surface area contributed by atoms with Crippen LogP contribution in [0.3, 0.4) is 0 Å². The van der Waals surface area contributed by atoms with Crippen LogP contribution in [0, 0.1) is 0 Å². The van der Waals surface area contributed by atoms with Crippen molar-refractivity contribution in [3.63, 3.8) is 0 Å². The second-order valence-electron chi connectivity index (χ2n) is 4.13. The predicted molar refractivity (Wildman–Crippen MR) is 72.0 cm³/mol. The maximum Gasteiger partial charge on any atom is 0.151 e. The van der Waals surface area contributed by atoms with Crippen molar-refractivity contribution in [2.24, 2.45) is 5.73 Å². The molecule has 0 spiro atoms. The van der Waals surface area contributed by atoms with Crippen LogP contribution in [0.5, 0.6) is 0 Å². The molecule has 0 fully saturated rings. The van der Waals surface area contributed by atoms with Crippen LogP contribution >= 0.6 is 0 Å². The molecule has 18 heavy (non-hydrogen) atoms. The monoisotopic (exact) mass is 267 g/mol. The molecule has 0 unspecified atom stereocenters. The first-order valence-corrected chi connectivity index (χ1v) is 7.74. The summed E-state index contributed by atoms with van der Waals surface area (Å²) in [6.45, 7) is 2.38. The molecule has 0 aliphatic rings. The standard InChI is InChI=1S/C12H17N3O2S/c1-2-18(16,17)8-7-15-12-6-4-3-5-10(12)11(9-13)14-15/h3-6H,2,7-9,13H2,1H3. The van der Waals surface area contributed by atoms with Crippen LogP contribution in [0.25, 0.3) is 10.9 Å². The number of benzene rings is 1. The topological polar surface area (TPSA) is 78.0 Å². The van der Waals surface area contributed by atoms with Crippen molar-refractivity contribution in [2.45, 2.75) is 20.0 Å². The molecule has 2 aromatic rings. The molecule has 2 rings (SSSR count). The highest BCUT2D eigenvalue weighted by Crippen LogP contribution is 2.17. The Kier molecular flexibility index (Phi) is 3.68. The first kappa shape index (κ1) is 13.0. The normalized spacial score (nSPS) is 12.1. The van der Waals surface area contributed by atoms with E-state index in [0.717, 1.165) is 16.6 Å². The summed E-state index contributed by atoms with van der Waals surface area (Å²) in [6, 6.07) is 7.72. The maximum atomic E-state index is 11.5. The Labute approximate surface area is 107 Å². The van der Waals surface area contributed by atoms with Gasteiger partial charge in [0.15, 0.2) is 9.84 Å². The van der Waals surface area contributed by atoms with Crippen LogP contribution in [0.4, 0.5) is 0 Å². The Hall–Kier alpha value is -1.40. The van der Waals surface area contributed by atoms with Crippen LogP contribution in [0.1, 0.15) is 12.6 Å². The molecule has 0 aliphatic heterocycles. The van der Waals surface area contributed by atoms with E-state index >= 15 is 0 Å². The first-order valence-electron chi connectivity index (χ1n) is 5.92. The molecule has 1 aromatic carbocycles. The second kappa shape index (κ2) is 5.07. The summed E-state index contributed by atoms with van der Waals surface area (Å²) in [5.41, 5.74) is 7.38. The van der Waals surface area contributed by atoms with Crippen molar-refractivity contribution in [3.8, 4) is 0 Å². The number of aryl methyl sites for hydroxylation is 1. The van der Waals surface area contributed by atoms with E-state index in [2.05, 4.69) is 5.10 Å². The quantitative estimate of drug-likeness (QED) is 0.874. The van der Waals surface area contributed by atoms with Crippen molar-refractivity contribution in [1.29, 1.82) is 0 Å². The lowest BCUT2D eigenvalue weighted by Gasteiger charge is -2.03. The highest BCUT2D eigenvalue weighted by Gasteiger charge is 2.12. The number of para-hydroxylation sites is 1. The van der Waals surface area contributed by atoms with Crippen LogP contribution in [0.2, 0.25) is 0 Å². The van der Waals surface area contributed by atoms with Gasteiger partial charge < -0.3 is 5.73 Å². The molecular weight excluding hydrogens is 250 g/mol. The van der Waals surface area contributed by atoms with Crippen LogP contribution in [-0.4, -0.2) is 29.7 Å². The molecule has 2 N–H and O–H groups in total. The summed E-state index contributed by atoms with van der Waals surface area (Å²) < 4.78 is 24.8. The number of sulfone groups is 1. The summed E-state index contributed by atoms with van der Waals surface area (Å²) in [5.74, 6) is 0.273. The fourth-order valence-corrected chi connectivity index (χ4v) is 2.63.